The molecular formula is C14H15NO2. The van der Waals surface area contributed by atoms with Crippen LogP contribution in [-0.2, 0) is 6.54 Å². The average molecular weight is 229 g/mol. The predicted octanol–water partition coefficient (Wildman–Crippen LogP) is 2.24. The Morgan fingerprint density at radius 2 is 2.06 bits per heavy atom. The zero-order valence-electron chi connectivity index (χ0n) is 9.80. The molecule has 2 rings (SSSR count). The summed E-state index contributed by atoms with van der Waals surface area (Å²) in [6.45, 7) is 3.08. The quantitative estimate of drug-likeness (QED) is 0.805. The number of hydrogen-bond acceptors (Lipinski definition) is 2. The molecule has 1 aromatic heterocycles. The molecule has 0 aliphatic heterocycles. The highest BCUT2D eigenvalue weighted by Gasteiger charge is 1.96. The lowest BCUT2D eigenvalue weighted by molar-refractivity contribution is 0.296. The summed E-state index contributed by atoms with van der Waals surface area (Å²) in [6.07, 6.45) is 1.77. The fraction of sp³-hybridized carbons (Fsp3) is 0.214. The third kappa shape index (κ3) is 3.21. The van der Waals surface area contributed by atoms with Gasteiger partial charge in [-0.15, -0.1) is 0 Å². The number of ether oxygens (including phenoxy) is 1. The van der Waals surface area contributed by atoms with E-state index in [2.05, 4.69) is 0 Å². The molecule has 0 spiro atoms. The summed E-state index contributed by atoms with van der Waals surface area (Å²) in [5.74, 6) is 0.842. The van der Waals surface area contributed by atoms with Crippen molar-refractivity contribution < 1.29 is 4.74 Å². The molecule has 0 atom stereocenters. The number of aromatic nitrogens is 1. The smallest absolute Gasteiger partial charge is 0.250 e. The molecule has 0 aliphatic rings. The van der Waals surface area contributed by atoms with Gasteiger partial charge in [-0.3, -0.25) is 4.79 Å². The van der Waals surface area contributed by atoms with E-state index in [1.54, 1.807) is 22.9 Å². The van der Waals surface area contributed by atoms with Crippen molar-refractivity contribution in [2.24, 2.45) is 0 Å². The third-order valence-electron chi connectivity index (χ3n) is 2.49. The van der Waals surface area contributed by atoms with Crippen LogP contribution in [0.3, 0.4) is 0 Å². The maximum Gasteiger partial charge on any atom is 0.250 e. The number of rotatable bonds is 4. The molecule has 0 fully saturated rings. The standard InChI is InChI=1S/C14H15NO2/c1-12-5-4-6-13(11-12)17-10-9-15-8-3-2-7-14(15)16/h2-8,11H,9-10H2,1H3. The highest BCUT2D eigenvalue weighted by Crippen LogP contribution is 2.11. The monoisotopic (exact) mass is 229 g/mol. The van der Waals surface area contributed by atoms with E-state index in [1.165, 1.54) is 5.56 Å². The van der Waals surface area contributed by atoms with Gasteiger partial charge in [0.2, 0.25) is 0 Å². The van der Waals surface area contributed by atoms with E-state index in [0.29, 0.717) is 13.2 Å². The van der Waals surface area contributed by atoms with Gasteiger partial charge < -0.3 is 9.30 Å². The van der Waals surface area contributed by atoms with Crippen LogP contribution in [0.5, 0.6) is 5.75 Å². The Morgan fingerprint density at radius 3 is 2.82 bits per heavy atom. The third-order valence-corrected chi connectivity index (χ3v) is 2.49. The summed E-state index contributed by atoms with van der Waals surface area (Å²) in [5.41, 5.74) is 1.17. The molecule has 0 unspecified atom stereocenters. The Balaban J connectivity index is 1.92. The molecule has 0 amide bonds. The second-order valence-corrected chi connectivity index (χ2v) is 3.90. The van der Waals surface area contributed by atoms with E-state index in [9.17, 15) is 4.79 Å². The van der Waals surface area contributed by atoms with Gasteiger partial charge in [-0.2, -0.15) is 0 Å². The highest BCUT2D eigenvalue weighted by molar-refractivity contribution is 5.27. The van der Waals surface area contributed by atoms with Crippen molar-refractivity contribution in [1.29, 1.82) is 0 Å². The maximum atomic E-state index is 11.4. The van der Waals surface area contributed by atoms with Crippen LogP contribution < -0.4 is 10.3 Å². The Labute approximate surface area is 100 Å². The van der Waals surface area contributed by atoms with Gasteiger partial charge in [0.05, 0.1) is 6.54 Å². The lowest BCUT2D eigenvalue weighted by Gasteiger charge is -2.08. The first-order valence-corrected chi connectivity index (χ1v) is 5.60. The number of aryl methyl sites for hydroxylation is 1. The highest BCUT2D eigenvalue weighted by atomic mass is 16.5. The first-order chi connectivity index (χ1) is 8.25. The molecular weight excluding hydrogens is 214 g/mol. The van der Waals surface area contributed by atoms with Crippen molar-refractivity contribution in [2.75, 3.05) is 6.61 Å². The van der Waals surface area contributed by atoms with Crippen molar-refractivity contribution in [1.82, 2.24) is 4.57 Å². The summed E-state index contributed by atoms with van der Waals surface area (Å²) in [5, 5.41) is 0. The molecule has 1 heterocycles. The molecule has 0 bridgehead atoms. The van der Waals surface area contributed by atoms with E-state index in [0.717, 1.165) is 5.75 Å². The zero-order valence-corrected chi connectivity index (χ0v) is 9.80. The van der Waals surface area contributed by atoms with E-state index >= 15 is 0 Å². The van der Waals surface area contributed by atoms with E-state index in [4.69, 9.17) is 4.74 Å². The summed E-state index contributed by atoms with van der Waals surface area (Å²) >= 11 is 0. The Hall–Kier alpha value is -2.03. The van der Waals surface area contributed by atoms with Crippen molar-refractivity contribution >= 4 is 0 Å². The number of nitrogens with zero attached hydrogens (tertiary/aromatic N) is 1. The molecule has 0 saturated heterocycles. The first-order valence-electron chi connectivity index (χ1n) is 5.60. The van der Waals surface area contributed by atoms with Gasteiger partial charge in [-0.1, -0.05) is 18.2 Å². The van der Waals surface area contributed by atoms with Crippen LogP contribution >= 0.6 is 0 Å². The van der Waals surface area contributed by atoms with Gasteiger partial charge in [0.15, 0.2) is 0 Å². The fourth-order valence-electron chi connectivity index (χ4n) is 1.61. The van der Waals surface area contributed by atoms with Crippen LogP contribution in [0, 0.1) is 6.92 Å². The van der Waals surface area contributed by atoms with Crippen LogP contribution in [0.4, 0.5) is 0 Å². The average Bonchev–Trinajstić information content (AvgIpc) is 2.32. The Bertz CT molecular complexity index is 546. The molecule has 1 aromatic carbocycles. The summed E-state index contributed by atoms with van der Waals surface area (Å²) in [4.78, 5) is 11.4. The summed E-state index contributed by atoms with van der Waals surface area (Å²) < 4.78 is 7.22. The largest absolute Gasteiger partial charge is 0.492 e. The predicted molar refractivity (Wildman–Crippen MR) is 67.4 cm³/mol. The molecule has 0 saturated carbocycles. The van der Waals surface area contributed by atoms with Crippen molar-refractivity contribution in [3.63, 3.8) is 0 Å². The van der Waals surface area contributed by atoms with Crippen LogP contribution in [0.15, 0.2) is 53.5 Å². The fourth-order valence-corrected chi connectivity index (χ4v) is 1.61. The van der Waals surface area contributed by atoms with Crippen LogP contribution in [-0.4, -0.2) is 11.2 Å². The number of hydrogen-bond donors (Lipinski definition) is 0. The SMILES string of the molecule is Cc1cccc(OCCn2ccccc2=O)c1. The minimum atomic E-state index is 0.000317. The minimum absolute atomic E-state index is 0.000317. The number of benzene rings is 1. The minimum Gasteiger partial charge on any atom is -0.492 e. The van der Waals surface area contributed by atoms with Gasteiger partial charge in [-0.05, 0) is 30.7 Å². The zero-order chi connectivity index (χ0) is 12.1. The normalized spacial score (nSPS) is 10.2. The van der Waals surface area contributed by atoms with Gasteiger partial charge in [0, 0.05) is 12.3 Å². The van der Waals surface area contributed by atoms with Gasteiger partial charge >= 0.3 is 0 Å². The second kappa shape index (κ2) is 5.34. The summed E-state index contributed by atoms with van der Waals surface area (Å²) in [7, 11) is 0. The first kappa shape index (κ1) is 11.5. The Kier molecular flexibility index (Phi) is 3.60. The lowest BCUT2D eigenvalue weighted by Crippen LogP contribution is -2.21. The van der Waals surface area contributed by atoms with E-state index in [1.807, 2.05) is 37.3 Å². The Morgan fingerprint density at radius 1 is 1.18 bits per heavy atom. The van der Waals surface area contributed by atoms with Crippen molar-refractivity contribution in [2.45, 2.75) is 13.5 Å². The van der Waals surface area contributed by atoms with Crippen LogP contribution in [0.2, 0.25) is 0 Å². The lowest BCUT2D eigenvalue weighted by atomic mass is 10.2. The molecule has 0 radical (unpaired) electrons. The maximum absolute atomic E-state index is 11.4. The van der Waals surface area contributed by atoms with Crippen LogP contribution in [0.25, 0.3) is 0 Å². The van der Waals surface area contributed by atoms with Gasteiger partial charge in [-0.25, -0.2) is 0 Å². The molecule has 0 aliphatic carbocycles. The van der Waals surface area contributed by atoms with Crippen LogP contribution in [0.1, 0.15) is 5.56 Å². The molecule has 0 N–H and O–H groups in total. The topological polar surface area (TPSA) is 31.2 Å². The molecule has 2 aromatic rings. The van der Waals surface area contributed by atoms with Crippen molar-refractivity contribution in [3.05, 3.63) is 64.6 Å². The van der Waals surface area contributed by atoms with Gasteiger partial charge in [0.1, 0.15) is 12.4 Å². The van der Waals surface area contributed by atoms with E-state index < -0.39 is 0 Å². The molecule has 17 heavy (non-hydrogen) atoms. The molecule has 88 valence electrons. The van der Waals surface area contributed by atoms with Gasteiger partial charge in [0.25, 0.3) is 5.56 Å². The van der Waals surface area contributed by atoms with E-state index in [-0.39, 0.29) is 5.56 Å². The summed E-state index contributed by atoms with van der Waals surface area (Å²) in [6, 6.07) is 13.0. The number of pyridine rings is 1. The second-order valence-electron chi connectivity index (χ2n) is 3.90. The molecule has 3 heteroatoms. The molecule has 3 nitrogen and oxygen atoms in total. The van der Waals surface area contributed by atoms with Crippen molar-refractivity contribution in [3.8, 4) is 5.75 Å².